The fourth-order valence-electron chi connectivity index (χ4n) is 3.26. The summed E-state index contributed by atoms with van der Waals surface area (Å²) in [7, 11) is 0. The first kappa shape index (κ1) is 20.8. The van der Waals surface area contributed by atoms with Gasteiger partial charge in [0, 0.05) is 11.1 Å². The van der Waals surface area contributed by atoms with Crippen LogP contribution in [-0.2, 0) is 12.8 Å². The van der Waals surface area contributed by atoms with Crippen molar-refractivity contribution in [1.82, 2.24) is 0 Å². The van der Waals surface area contributed by atoms with Crippen LogP contribution in [0.15, 0.2) is 60.7 Å². The molecule has 0 amide bonds. The molecule has 0 fully saturated rings. The molecule has 0 spiro atoms. The third-order valence-corrected chi connectivity index (χ3v) is 5.12. The Hall–Kier alpha value is -2.92. The lowest BCUT2D eigenvalue weighted by molar-refractivity contribution is 0.509. The molecule has 0 radical (unpaired) electrons. The average Bonchev–Trinajstić information content (AvgIpc) is 2.76. The molecule has 0 saturated carbocycles. The normalized spacial score (nSPS) is 10.5. The van der Waals surface area contributed by atoms with Gasteiger partial charge in [0.25, 0.3) is 0 Å². The Labute approximate surface area is 172 Å². The molecule has 0 aliphatic heterocycles. The molecule has 0 bridgehead atoms. The van der Waals surface area contributed by atoms with Crippen molar-refractivity contribution >= 4 is 0 Å². The second kappa shape index (κ2) is 10.0. The van der Waals surface area contributed by atoms with Crippen molar-refractivity contribution in [3.63, 3.8) is 0 Å². The Morgan fingerprint density at radius 1 is 0.690 bits per heavy atom. The first-order valence-electron chi connectivity index (χ1n) is 10.3. The van der Waals surface area contributed by atoms with Gasteiger partial charge < -0.3 is 0 Å². The van der Waals surface area contributed by atoms with Gasteiger partial charge in [-0.3, -0.25) is 0 Å². The lowest BCUT2D eigenvalue weighted by atomic mass is 10.0. The fourth-order valence-corrected chi connectivity index (χ4v) is 3.26. The van der Waals surface area contributed by atoms with Crippen LogP contribution < -0.4 is 0 Å². The van der Waals surface area contributed by atoms with Gasteiger partial charge >= 0.3 is 0 Å². The van der Waals surface area contributed by atoms with Gasteiger partial charge in [-0.15, -0.1) is 0 Å². The quantitative estimate of drug-likeness (QED) is 0.306. The summed E-state index contributed by atoms with van der Waals surface area (Å²) in [6.45, 7) is 4.25. The van der Waals surface area contributed by atoms with Crippen LogP contribution in [0.3, 0.4) is 0 Å². The maximum absolute atomic E-state index is 14.6. The zero-order chi connectivity index (χ0) is 20.6. The van der Waals surface area contributed by atoms with Crippen LogP contribution in [0.2, 0.25) is 0 Å². The molecule has 0 aromatic heterocycles. The number of unbranched alkanes of at least 4 members (excludes halogenated alkanes) is 2. The van der Waals surface area contributed by atoms with E-state index in [1.54, 1.807) is 12.1 Å². The largest absolute Gasteiger partial charge is 0.203 e. The van der Waals surface area contributed by atoms with Crippen molar-refractivity contribution in [2.75, 3.05) is 0 Å². The maximum atomic E-state index is 14.6. The molecule has 2 heteroatoms. The van der Waals surface area contributed by atoms with Gasteiger partial charge in [-0.05, 0) is 60.2 Å². The van der Waals surface area contributed by atoms with E-state index in [0.717, 1.165) is 24.0 Å². The summed E-state index contributed by atoms with van der Waals surface area (Å²) in [5.74, 6) is 3.96. The van der Waals surface area contributed by atoms with Crippen LogP contribution in [0, 0.1) is 23.5 Å². The van der Waals surface area contributed by atoms with E-state index in [4.69, 9.17) is 0 Å². The highest BCUT2D eigenvalue weighted by molar-refractivity contribution is 5.66. The molecule has 29 heavy (non-hydrogen) atoms. The van der Waals surface area contributed by atoms with Crippen molar-refractivity contribution in [2.24, 2.45) is 0 Å². The number of benzene rings is 3. The third-order valence-electron chi connectivity index (χ3n) is 5.12. The monoisotopic (exact) mass is 388 g/mol. The second-order valence-electron chi connectivity index (χ2n) is 7.24. The van der Waals surface area contributed by atoms with E-state index >= 15 is 0 Å². The van der Waals surface area contributed by atoms with Gasteiger partial charge in [-0.2, -0.15) is 0 Å². The number of aryl methyl sites for hydroxylation is 2. The molecule has 0 heterocycles. The van der Waals surface area contributed by atoms with E-state index < -0.39 is 11.6 Å². The zero-order valence-electron chi connectivity index (χ0n) is 17.1. The summed E-state index contributed by atoms with van der Waals surface area (Å²) in [5.41, 5.74) is 4.23. The zero-order valence-corrected chi connectivity index (χ0v) is 17.1. The van der Waals surface area contributed by atoms with Crippen molar-refractivity contribution in [2.45, 2.75) is 46.0 Å². The standard InChI is InChI=1S/C27H26F2/c1-3-5-6-7-21-8-10-22(11-9-21)14-17-24-18-19-25(27(29)26(24)28)23-15-12-20(4-2)13-16-23/h8-13,15-16,18-19H,3-7H2,1-2H3. The second-order valence-corrected chi connectivity index (χ2v) is 7.24. The van der Waals surface area contributed by atoms with Gasteiger partial charge in [-0.25, -0.2) is 8.78 Å². The smallest absolute Gasteiger partial charge is 0.175 e. The van der Waals surface area contributed by atoms with Crippen LogP contribution in [-0.4, -0.2) is 0 Å². The first-order valence-corrected chi connectivity index (χ1v) is 10.3. The minimum absolute atomic E-state index is 0.0726. The molecular formula is C27H26F2. The van der Waals surface area contributed by atoms with E-state index in [-0.39, 0.29) is 11.1 Å². The van der Waals surface area contributed by atoms with Gasteiger partial charge in [-0.1, -0.05) is 74.9 Å². The molecular weight excluding hydrogens is 362 g/mol. The molecule has 148 valence electrons. The van der Waals surface area contributed by atoms with E-state index in [9.17, 15) is 8.78 Å². The molecule has 0 unspecified atom stereocenters. The average molecular weight is 389 g/mol. The molecule has 3 aromatic rings. The van der Waals surface area contributed by atoms with E-state index in [1.807, 2.05) is 36.4 Å². The Balaban J connectivity index is 1.78. The molecule has 3 rings (SSSR count). The molecule has 0 nitrogen and oxygen atoms in total. The third kappa shape index (κ3) is 5.33. The highest BCUT2D eigenvalue weighted by Crippen LogP contribution is 2.26. The Morgan fingerprint density at radius 3 is 2.03 bits per heavy atom. The molecule has 3 aromatic carbocycles. The minimum Gasteiger partial charge on any atom is -0.203 e. The van der Waals surface area contributed by atoms with Crippen LogP contribution >= 0.6 is 0 Å². The molecule has 0 saturated heterocycles. The lowest BCUT2D eigenvalue weighted by Gasteiger charge is -2.07. The Morgan fingerprint density at radius 2 is 1.38 bits per heavy atom. The predicted molar refractivity (Wildman–Crippen MR) is 117 cm³/mol. The molecule has 0 atom stereocenters. The SMILES string of the molecule is CCCCCc1ccc(C#Cc2ccc(-c3ccc(CC)cc3)c(F)c2F)cc1. The summed E-state index contributed by atoms with van der Waals surface area (Å²) >= 11 is 0. The minimum atomic E-state index is -0.897. The number of halogens is 2. The van der Waals surface area contributed by atoms with Gasteiger partial charge in [0.15, 0.2) is 11.6 Å². The van der Waals surface area contributed by atoms with Gasteiger partial charge in [0.1, 0.15) is 0 Å². The molecule has 0 aliphatic rings. The van der Waals surface area contributed by atoms with Crippen LogP contribution in [0.5, 0.6) is 0 Å². The first-order chi connectivity index (χ1) is 14.1. The van der Waals surface area contributed by atoms with Crippen molar-refractivity contribution < 1.29 is 8.78 Å². The summed E-state index contributed by atoms with van der Waals surface area (Å²) in [5, 5.41) is 0. The van der Waals surface area contributed by atoms with Gasteiger partial charge in [0.2, 0.25) is 0 Å². The van der Waals surface area contributed by atoms with E-state index in [1.165, 1.54) is 24.8 Å². The van der Waals surface area contributed by atoms with Crippen molar-refractivity contribution in [1.29, 1.82) is 0 Å². The predicted octanol–water partition coefficient (Wildman–Crippen LogP) is 7.33. The maximum Gasteiger partial charge on any atom is 0.175 e. The van der Waals surface area contributed by atoms with Crippen molar-refractivity contribution in [3.05, 3.63) is 94.6 Å². The summed E-state index contributed by atoms with van der Waals surface area (Å²) < 4.78 is 29.2. The summed E-state index contributed by atoms with van der Waals surface area (Å²) in [4.78, 5) is 0. The number of rotatable bonds is 6. The highest BCUT2D eigenvalue weighted by Gasteiger charge is 2.13. The number of hydrogen-bond acceptors (Lipinski definition) is 0. The Bertz CT molecular complexity index is 1000. The van der Waals surface area contributed by atoms with Crippen molar-refractivity contribution in [3.8, 4) is 23.0 Å². The van der Waals surface area contributed by atoms with Crippen LogP contribution in [0.1, 0.15) is 55.4 Å². The van der Waals surface area contributed by atoms with E-state index in [0.29, 0.717) is 5.56 Å². The topological polar surface area (TPSA) is 0 Å². The molecule has 0 N–H and O–H groups in total. The summed E-state index contributed by atoms with van der Waals surface area (Å²) in [6, 6.07) is 18.7. The fraction of sp³-hybridized carbons (Fsp3) is 0.259. The lowest BCUT2D eigenvalue weighted by Crippen LogP contribution is -1.94. The van der Waals surface area contributed by atoms with E-state index in [2.05, 4.69) is 37.8 Å². The Kier molecular flexibility index (Phi) is 7.19. The van der Waals surface area contributed by atoms with Crippen LogP contribution in [0.25, 0.3) is 11.1 Å². The number of hydrogen-bond donors (Lipinski definition) is 0. The molecule has 0 aliphatic carbocycles. The van der Waals surface area contributed by atoms with Gasteiger partial charge in [0.05, 0.1) is 5.56 Å². The van der Waals surface area contributed by atoms with Crippen LogP contribution in [0.4, 0.5) is 8.78 Å². The highest BCUT2D eigenvalue weighted by atomic mass is 19.2. The summed E-state index contributed by atoms with van der Waals surface area (Å²) in [6.07, 6.45) is 5.58.